The molecular formula is C14H19NO5S. The average molecular weight is 313 g/mol. The summed E-state index contributed by atoms with van der Waals surface area (Å²) in [6, 6.07) is 2.51. The predicted molar refractivity (Wildman–Crippen MR) is 78.2 cm³/mol. The summed E-state index contributed by atoms with van der Waals surface area (Å²) < 4.78 is 24.6. The second-order valence-electron chi connectivity index (χ2n) is 4.83. The average Bonchev–Trinajstić information content (AvgIpc) is 2.38. The van der Waals surface area contributed by atoms with E-state index >= 15 is 0 Å². The predicted octanol–water partition coefficient (Wildman–Crippen LogP) is 1.30. The molecule has 116 valence electrons. The molecule has 0 saturated heterocycles. The van der Waals surface area contributed by atoms with E-state index in [-0.39, 0.29) is 10.5 Å². The van der Waals surface area contributed by atoms with Gasteiger partial charge in [-0.15, -0.1) is 0 Å². The number of carboxylic acid groups (broad SMARTS) is 1. The van der Waals surface area contributed by atoms with E-state index in [0.29, 0.717) is 24.1 Å². The van der Waals surface area contributed by atoms with Crippen LogP contribution in [0.3, 0.4) is 0 Å². The lowest BCUT2D eigenvalue weighted by Crippen LogP contribution is -2.31. The van der Waals surface area contributed by atoms with E-state index in [2.05, 4.69) is 5.32 Å². The van der Waals surface area contributed by atoms with Gasteiger partial charge in [-0.1, -0.05) is 6.92 Å². The molecule has 0 unspecified atom stereocenters. The minimum atomic E-state index is -3.87. The molecule has 0 aliphatic rings. The van der Waals surface area contributed by atoms with E-state index in [4.69, 9.17) is 5.11 Å². The van der Waals surface area contributed by atoms with Gasteiger partial charge < -0.3 is 10.4 Å². The molecular weight excluding hydrogens is 294 g/mol. The third-order valence-electron chi connectivity index (χ3n) is 3.10. The zero-order valence-corrected chi connectivity index (χ0v) is 13.1. The lowest BCUT2D eigenvalue weighted by Gasteiger charge is -2.11. The topological polar surface area (TPSA) is 101 Å². The highest BCUT2D eigenvalue weighted by atomic mass is 32.2. The fourth-order valence-electron chi connectivity index (χ4n) is 1.84. The van der Waals surface area contributed by atoms with Gasteiger partial charge in [0.2, 0.25) is 5.91 Å². The van der Waals surface area contributed by atoms with Crippen LogP contribution in [-0.4, -0.2) is 37.7 Å². The van der Waals surface area contributed by atoms with Gasteiger partial charge >= 0.3 is 5.97 Å². The quantitative estimate of drug-likeness (QED) is 0.824. The zero-order chi connectivity index (χ0) is 16.2. The van der Waals surface area contributed by atoms with Crippen LogP contribution in [0, 0.1) is 13.8 Å². The Labute approximate surface area is 124 Å². The maximum absolute atomic E-state index is 12.3. The first-order chi connectivity index (χ1) is 9.69. The Morgan fingerprint density at radius 3 is 2.38 bits per heavy atom. The van der Waals surface area contributed by atoms with E-state index in [0.717, 1.165) is 6.07 Å². The van der Waals surface area contributed by atoms with Gasteiger partial charge in [-0.2, -0.15) is 0 Å². The number of hydrogen-bond acceptors (Lipinski definition) is 4. The van der Waals surface area contributed by atoms with Crippen LogP contribution in [0.2, 0.25) is 0 Å². The first kappa shape index (κ1) is 17.2. The molecule has 0 aromatic heterocycles. The summed E-state index contributed by atoms with van der Waals surface area (Å²) in [4.78, 5) is 22.5. The molecule has 1 amide bonds. The van der Waals surface area contributed by atoms with Crippen LogP contribution in [-0.2, 0) is 14.6 Å². The molecule has 7 heteroatoms. The van der Waals surface area contributed by atoms with Crippen molar-refractivity contribution in [2.75, 3.05) is 12.3 Å². The molecule has 21 heavy (non-hydrogen) atoms. The summed E-state index contributed by atoms with van der Waals surface area (Å²) in [6.07, 6.45) is 0.707. The highest BCUT2D eigenvalue weighted by molar-refractivity contribution is 7.92. The Balaban J connectivity index is 3.19. The molecule has 6 nitrogen and oxygen atoms in total. The molecule has 2 N–H and O–H groups in total. The van der Waals surface area contributed by atoms with E-state index in [1.54, 1.807) is 13.8 Å². The summed E-state index contributed by atoms with van der Waals surface area (Å²) >= 11 is 0. The molecule has 0 radical (unpaired) electrons. The number of carboxylic acids is 1. The maximum atomic E-state index is 12.3. The van der Waals surface area contributed by atoms with Crippen molar-refractivity contribution in [3.8, 4) is 0 Å². The molecule has 0 heterocycles. The number of carbonyl (C=O) groups excluding carboxylic acids is 1. The van der Waals surface area contributed by atoms with Gasteiger partial charge in [0, 0.05) is 6.54 Å². The summed E-state index contributed by atoms with van der Waals surface area (Å²) in [7, 11) is -3.87. The standard InChI is InChI=1S/C14H19NO5S/c1-4-5-15-13(16)8-21(19,20)12-7-11(14(17)18)6-9(2)10(12)3/h6-7H,4-5,8H2,1-3H3,(H,15,16)(H,17,18). The molecule has 1 rings (SSSR count). The largest absolute Gasteiger partial charge is 0.478 e. The van der Waals surface area contributed by atoms with Gasteiger partial charge in [-0.25, -0.2) is 13.2 Å². The van der Waals surface area contributed by atoms with Crippen LogP contribution >= 0.6 is 0 Å². The number of sulfone groups is 1. The van der Waals surface area contributed by atoms with Crippen molar-refractivity contribution in [3.63, 3.8) is 0 Å². The SMILES string of the molecule is CCCNC(=O)CS(=O)(=O)c1cc(C(=O)O)cc(C)c1C. The summed E-state index contributed by atoms with van der Waals surface area (Å²) in [5.74, 6) is -2.48. The molecule has 0 bridgehead atoms. The highest BCUT2D eigenvalue weighted by Gasteiger charge is 2.23. The Morgan fingerprint density at radius 1 is 1.24 bits per heavy atom. The van der Waals surface area contributed by atoms with E-state index < -0.39 is 27.5 Å². The summed E-state index contributed by atoms with van der Waals surface area (Å²) in [6.45, 7) is 5.50. The minimum Gasteiger partial charge on any atom is -0.478 e. The second kappa shape index (κ2) is 6.71. The molecule has 1 aromatic carbocycles. The summed E-state index contributed by atoms with van der Waals surface area (Å²) in [5, 5.41) is 11.5. The molecule has 0 spiro atoms. The first-order valence-electron chi connectivity index (χ1n) is 6.53. The van der Waals surface area contributed by atoms with Gasteiger partial charge in [-0.05, 0) is 43.5 Å². The molecule has 0 atom stereocenters. The third kappa shape index (κ3) is 4.29. The van der Waals surface area contributed by atoms with Crippen LogP contribution in [0.5, 0.6) is 0 Å². The fraction of sp³-hybridized carbons (Fsp3) is 0.429. The lowest BCUT2D eigenvalue weighted by atomic mass is 10.1. The first-order valence-corrected chi connectivity index (χ1v) is 8.18. The van der Waals surface area contributed by atoms with Gasteiger partial charge in [0.25, 0.3) is 0 Å². The van der Waals surface area contributed by atoms with Crippen LogP contribution < -0.4 is 5.32 Å². The molecule has 1 aromatic rings. The second-order valence-corrected chi connectivity index (χ2v) is 6.79. The normalized spacial score (nSPS) is 11.2. The number of hydrogen-bond donors (Lipinski definition) is 2. The van der Waals surface area contributed by atoms with Crippen molar-refractivity contribution < 1.29 is 23.1 Å². The number of carbonyl (C=O) groups is 2. The van der Waals surface area contributed by atoms with Gasteiger partial charge in [-0.3, -0.25) is 4.79 Å². The van der Waals surface area contributed by atoms with E-state index in [9.17, 15) is 18.0 Å². The van der Waals surface area contributed by atoms with Crippen LogP contribution in [0.15, 0.2) is 17.0 Å². The molecule has 0 aliphatic heterocycles. The monoisotopic (exact) mass is 313 g/mol. The number of aromatic carboxylic acids is 1. The van der Waals surface area contributed by atoms with Gasteiger partial charge in [0.15, 0.2) is 9.84 Å². The lowest BCUT2D eigenvalue weighted by molar-refractivity contribution is -0.118. The molecule has 0 aliphatic carbocycles. The summed E-state index contributed by atoms with van der Waals surface area (Å²) in [5.41, 5.74) is 0.913. The minimum absolute atomic E-state index is 0.105. The number of nitrogens with one attached hydrogen (secondary N) is 1. The molecule has 0 fully saturated rings. The Hall–Kier alpha value is -1.89. The number of aryl methyl sites for hydroxylation is 1. The van der Waals surface area contributed by atoms with Crippen molar-refractivity contribution in [3.05, 3.63) is 28.8 Å². The van der Waals surface area contributed by atoms with Gasteiger partial charge in [0.05, 0.1) is 10.5 Å². The van der Waals surface area contributed by atoms with Crippen LogP contribution in [0.4, 0.5) is 0 Å². The van der Waals surface area contributed by atoms with Crippen molar-refractivity contribution in [2.45, 2.75) is 32.1 Å². The zero-order valence-electron chi connectivity index (χ0n) is 12.3. The third-order valence-corrected chi connectivity index (χ3v) is 4.83. The number of rotatable bonds is 6. The Morgan fingerprint density at radius 2 is 1.86 bits per heavy atom. The van der Waals surface area contributed by atoms with Crippen molar-refractivity contribution in [2.24, 2.45) is 0 Å². The fourth-order valence-corrected chi connectivity index (χ4v) is 3.38. The number of benzene rings is 1. The highest BCUT2D eigenvalue weighted by Crippen LogP contribution is 2.22. The van der Waals surface area contributed by atoms with Crippen LogP contribution in [0.1, 0.15) is 34.8 Å². The van der Waals surface area contributed by atoms with E-state index in [1.165, 1.54) is 6.07 Å². The molecule has 0 saturated carbocycles. The number of amides is 1. The maximum Gasteiger partial charge on any atom is 0.335 e. The smallest absolute Gasteiger partial charge is 0.335 e. The van der Waals surface area contributed by atoms with Crippen molar-refractivity contribution in [1.82, 2.24) is 5.32 Å². The van der Waals surface area contributed by atoms with Crippen LogP contribution in [0.25, 0.3) is 0 Å². The van der Waals surface area contributed by atoms with E-state index in [1.807, 2.05) is 6.92 Å². The van der Waals surface area contributed by atoms with Crippen molar-refractivity contribution >= 4 is 21.7 Å². The van der Waals surface area contributed by atoms with Crippen molar-refractivity contribution in [1.29, 1.82) is 0 Å². The Kier molecular flexibility index (Phi) is 5.48. The van der Waals surface area contributed by atoms with Gasteiger partial charge in [0.1, 0.15) is 5.75 Å². The Bertz CT molecular complexity index is 664.